The highest BCUT2D eigenvalue weighted by atomic mass is 32.2. The van der Waals surface area contributed by atoms with Crippen LogP contribution in [0.3, 0.4) is 0 Å². The van der Waals surface area contributed by atoms with E-state index in [4.69, 9.17) is 10.5 Å². The molecule has 0 aromatic carbocycles. The van der Waals surface area contributed by atoms with Crippen molar-refractivity contribution in [1.82, 2.24) is 4.90 Å². The van der Waals surface area contributed by atoms with Crippen molar-refractivity contribution in [2.24, 2.45) is 11.7 Å². The molecule has 0 radical (unpaired) electrons. The lowest BCUT2D eigenvalue weighted by molar-refractivity contribution is -0.111. The zero-order chi connectivity index (χ0) is 13.7. The van der Waals surface area contributed by atoms with Gasteiger partial charge in [0.15, 0.2) is 0 Å². The molecular weight excluding hydrogens is 256 g/mol. The van der Waals surface area contributed by atoms with Crippen LogP contribution in [-0.4, -0.2) is 54.3 Å². The van der Waals surface area contributed by atoms with E-state index in [1.54, 1.807) is 0 Å². The summed E-state index contributed by atoms with van der Waals surface area (Å²) in [6.07, 6.45) is 4.93. The molecule has 2 unspecified atom stereocenters. The Morgan fingerprint density at radius 2 is 2.16 bits per heavy atom. The minimum Gasteiger partial charge on any atom is -0.375 e. The van der Waals surface area contributed by atoms with Gasteiger partial charge in [0, 0.05) is 19.2 Å². The highest BCUT2D eigenvalue weighted by molar-refractivity contribution is 7.99. The molecule has 2 fully saturated rings. The Labute approximate surface area is 122 Å². The third-order valence-electron chi connectivity index (χ3n) is 4.74. The van der Waals surface area contributed by atoms with Gasteiger partial charge in [-0.3, -0.25) is 0 Å². The molecule has 2 saturated heterocycles. The molecule has 2 N–H and O–H groups in total. The van der Waals surface area contributed by atoms with Gasteiger partial charge in [0.1, 0.15) is 0 Å². The van der Waals surface area contributed by atoms with E-state index in [9.17, 15) is 0 Å². The molecule has 3 nitrogen and oxygen atoms in total. The van der Waals surface area contributed by atoms with Gasteiger partial charge in [-0.25, -0.2) is 0 Å². The Morgan fingerprint density at radius 1 is 1.42 bits per heavy atom. The average Bonchev–Trinajstić information content (AvgIpc) is 2.45. The lowest BCUT2D eigenvalue weighted by Crippen LogP contribution is -2.51. The van der Waals surface area contributed by atoms with Crippen molar-refractivity contribution in [1.29, 1.82) is 0 Å². The highest BCUT2D eigenvalue weighted by Crippen LogP contribution is 2.38. The summed E-state index contributed by atoms with van der Waals surface area (Å²) < 4.78 is 6.20. The smallest absolute Gasteiger partial charge is 0.0713 e. The maximum Gasteiger partial charge on any atom is 0.0713 e. The number of rotatable bonds is 5. The zero-order valence-electron chi connectivity index (χ0n) is 12.6. The van der Waals surface area contributed by atoms with E-state index in [2.05, 4.69) is 30.5 Å². The first kappa shape index (κ1) is 15.6. The fourth-order valence-corrected chi connectivity index (χ4v) is 4.65. The fourth-order valence-electron chi connectivity index (χ4n) is 3.42. The van der Waals surface area contributed by atoms with Gasteiger partial charge in [-0.15, -0.1) is 0 Å². The van der Waals surface area contributed by atoms with Gasteiger partial charge in [0.25, 0.3) is 0 Å². The molecule has 112 valence electrons. The topological polar surface area (TPSA) is 38.5 Å². The van der Waals surface area contributed by atoms with Crippen LogP contribution in [-0.2, 0) is 4.74 Å². The van der Waals surface area contributed by atoms with Crippen LogP contribution in [0.2, 0.25) is 0 Å². The molecule has 2 aliphatic heterocycles. The zero-order valence-corrected chi connectivity index (χ0v) is 13.4. The Bertz CT molecular complexity index is 263. The Hall–Kier alpha value is 0.230. The molecule has 0 saturated carbocycles. The third kappa shape index (κ3) is 4.10. The summed E-state index contributed by atoms with van der Waals surface area (Å²) in [4.78, 5) is 2.64. The first-order chi connectivity index (χ1) is 9.19. The number of hydrogen-bond donors (Lipinski definition) is 1. The van der Waals surface area contributed by atoms with Gasteiger partial charge in [0.2, 0.25) is 0 Å². The van der Waals surface area contributed by atoms with Crippen molar-refractivity contribution in [3.05, 3.63) is 0 Å². The second-order valence-corrected chi connectivity index (χ2v) is 7.44. The summed E-state index contributed by atoms with van der Waals surface area (Å²) in [5, 5.41) is 0. The van der Waals surface area contributed by atoms with Crippen LogP contribution < -0.4 is 5.73 Å². The Morgan fingerprint density at radius 3 is 2.79 bits per heavy atom. The molecule has 2 rings (SSSR count). The predicted octanol–water partition coefficient (Wildman–Crippen LogP) is 2.35. The van der Waals surface area contributed by atoms with Crippen molar-refractivity contribution < 1.29 is 4.74 Å². The van der Waals surface area contributed by atoms with Crippen molar-refractivity contribution in [3.63, 3.8) is 0 Å². The first-order valence-electron chi connectivity index (χ1n) is 7.85. The van der Waals surface area contributed by atoms with E-state index in [-0.39, 0.29) is 5.60 Å². The van der Waals surface area contributed by atoms with Crippen molar-refractivity contribution in [2.45, 2.75) is 51.2 Å². The van der Waals surface area contributed by atoms with Gasteiger partial charge in [-0.1, -0.05) is 13.8 Å². The minimum absolute atomic E-state index is 0.202. The van der Waals surface area contributed by atoms with Crippen LogP contribution in [0.5, 0.6) is 0 Å². The molecule has 0 bridgehead atoms. The molecule has 0 aromatic rings. The van der Waals surface area contributed by atoms with Crippen LogP contribution in [0.25, 0.3) is 0 Å². The lowest BCUT2D eigenvalue weighted by Gasteiger charge is -2.46. The van der Waals surface area contributed by atoms with Crippen LogP contribution in [0.1, 0.15) is 39.5 Å². The SMILES string of the molecule is CCN(CC(C)CN)C1CCOC2(CCSCC2)C1. The monoisotopic (exact) mass is 286 g/mol. The van der Waals surface area contributed by atoms with E-state index in [1.165, 1.54) is 37.2 Å². The molecule has 4 heteroatoms. The number of nitrogens with two attached hydrogens (primary N) is 1. The Balaban J connectivity index is 1.94. The largest absolute Gasteiger partial charge is 0.375 e. The number of ether oxygens (including phenoxy) is 1. The summed E-state index contributed by atoms with van der Waals surface area (Å²) in [6.45, 7) is 8.56. The van der Waals surface area contributed by atoms with Crippen molar-refractivity contribution >= 4 is 11.8 Å². The maximum atomic E-state index is 6.20. The Kier molecular flexibility index (Phi) is 6.00. The molecule has 19 heavy (non-hydrogen) atoms. The number of hydrogen-bond acceptors (Lipinski definition) is 4. The average molecular weight is 286 g/mol. The van der Waals surface area contributed by atoms with E-state index in [1.807, 2.05) is 0 Å². The second-order valence-electron chi connectivity index (χ2n) is 6.22. The molecule has 1 spiro atoms. The summed E-state index contributed by atoms with van der Waals surface area (Å²) in [6, 6.07) is 0.704. The quantitative estimate of drug-likeness (QED) is 0.842. The molecule has 0 aromatic heterocycles. The van der Waals surface area contributed by atoms with Gasteiger partial charge in [-0.2, -0.15) is 11.8 Å². The van der Waals surface area contributed by atoms with Gasteiger partial charge in [-0.05, 0) is 56.2 Å². The highest BCUT2D eigenvalue weighted by Gasteiger charge is 2.40. The number of thioether (sulfide) groups is 1. The second kappa shape index (κ2) is 7.30. The molecule has 2 heterocycles. The van der Waals surface area contributed by atoms with E-state index >= 15 is 0 Å². The van der Waals surface area contributed by atoms with Gasteiger partial charge < -0.3 is 15.4 Å². The maximum absolute atomic E-state index is 6.20. The molecule has 2 aliphatic rings. The minimum atomic E-state index is 0.202. The summed E-state index contributed by atoms with van der Waals surface area (Å²) >= 11 is 2.08. The molecular formula is C15H30N2OS. The predicted molar refractivity (Wildman–Crippen MR) is 83.7 cm³/mol. The van der Waals surface area contributed by atoms with Gasteiger partial charge in [0.05, 0.1) is 5.60 Å². The van der Waals surface area contributed by atoms with Crippen molar-refractivity contribution in [2.75, 3.05) is 37.7 Å². The summed E-state index contributed by atoms with van der Waals surface area (Å²) in [5.74, 6) is 3.15. The standard InChI is InChI=1S/C15H30N2OS/c1-3-17(12-13(2)11-16)14-4-7-18-15(10-14)5-8-19-9-6-15/h13-14H,3-12,16H2,1-2H3. The number of nitrogens with zero attached hydrogens (tertiary/aromatic N) is 1. The van der Waals surface area contributed by atoms with Crippen LogP contribution in [0.4, 0.5) is 0 Å². The molecule has 0 aliphatic carbocycles. The van der Waals surface area contributed by atoms with Crippen LogP contribution in [0, 0.1) is 5.92 Å². The van der Waals surface area contributed by atoms with Crippen LogP contribution >= 0.6 is 11.8 Å². The van der Waals surface area contributed by atoms with E-state index in [0.717, 1.165) is 26.2 Å². The van der Waals surface area contributed by atoms with E-state index in [0.29, 0.717) is 12.0 Å². The molecule has 2 atom stereocenters. The first-order valence-corrected chi connectivity index (χ1v) is 9.00. The van der Waals surface area contributed by atoms with Gasteiger partial charge >= 0.3 is 0 Å². The van der Waals surface area contributed by atoms with E-state index < -0.39 is 0 Å². The summed E-state index contributed by atoms with van der Waals surface area (Å²) in [7, 11) is 0. The normalized spacial score (nSPS) is 28.7. The van der Waals surface area contributed by atoms with Crippen LogP contribution in [0.15, 0.2) is 0 Å². The lowest BCUT2D eigenvalue weighted by atomic mass is 9.84. The third-order valence-corrected chi connectivity index (χ3v) is 5.73. The fraction of sp³-hybridized carbons (Fsp3) is 1.00. The summed E-state index contributed by atoms with van der Waals surface area (Å²) in [5.41, 5.74) is 5.99. The molecule has 0 amide bonds. The van der Waals surface area contributed by atoms with Crippen molar-refractivity contribution in [3.8, 4) is 0 Å².